The molecule has 1 aliphatic carbocycles. The van der Waals surface area contributed by atoms with Gasteiger partial charge >= 0.3 is 0 Å². The van der Waals surface area contributed by atoms with Crippen LogP contribution in [-0.4, -0.2) is 27.8 Å². The first-order chi connectivity index (χ1) is 18.1. The van der Waals surface area contributed by atoms with Crippen molar-refractivity contribution in [2.24, 2.45) is 5.92 Å². The molecule has 3 fully saturated rings. The summed E-state index contributed by atoms with van der Waals surface area (Å²) in [6, 6.07) is 17.5. The van der Waals surface area contributed by atoms with E-state index in [4.69, 9.17) is 28.8 Å². The maximum absolute atomic E-state index is 6.95. The monoisotopic (exact) mass is 533 g/mol. The van der Waals surface area contributed by atoms with Crippen LogP contribution >= 0.6 is 23.8 Å². The molecule has 1 N–H and O–H groups in total. The van der Waals surface area contributed by atoms with Gasteiger partial charge in [0.2, 0.25) is 0 Å². The Kier molecular flexibility index (Phi) is 7.13. The molecule has 0 bridgehead atoms. The highest BCUT2D eigenvalue weighted by molar-refractivity contribution is 7.80. The van der Waals surface area contributed by atoms with Crippen molar-refractivity contribution >= 4 is 40.3 Å². The van der Waals surface area contributed by atoms with Crippen LogP contribution in [0, 0.1) is 5.92 Å². The molecular weight excluding hydrogens is 498 g/mol. The SMILES string of the molecule is CC1CCN(c2ccc(N3C(=S)N[C@H](c4ccccn4)[C@@H]3c3cccn3C3CCCCC3)cc2Cl)CC1. The van der Waals surface area contributed by atoms with Gasteiger partial charge in [0.15, 0.2) is 5.11 Å². The number of piperidine rings is 1. The Labute approximate surface area is 230 Å². The van der Waals surface area contributed by atoms with Crippen molar-refractivity contribution in [2.45, 2.75) is 70.0 Å². The van der Waals surface area contributed by atoms with E-state index in [0.717, 1.165) is 41.1 Å². The molecule has 6 rings (SSSR count). The summed E-state index contributed by atoms with van der Waals surface area (Å²) in [5.74, 6) is 0.784. The number of hydrogen-bond acceptors (Lipinski definition) is 3. The summed E-state index contributed by atoms with van der Waals surface area (Å²) in [5.41, 5.74) is 4.43. The zero-order valence-electron chi connectivity index (χ0n) is 21.5. The van der Waals surface area contributed by atoms with Crippen LogP contribution in [0.3, 0.4) is 0 Å². The molecule has 2 aromatic heterocycles. The summed E-state index contributed by atoms with van der Waals surface area (Å²) in [6.07, 6.45) is 12.9. The van der Waals surface area contributed by atoms with Crippen LogP contribution in [0.5, 0.6) is 0 Å². The van der Waals surface area contributed by atoms with Crippen LogP contribution in [0.1, 0.15) is 81.4 Å². The van der Waals surface area contributed by atoms with E-state index in [1.807, 2.05) is 12.3 Å². The van der Waals surface area contributed by atoms with Crippen molar-refractivity contribution in [3.05, 3.63) is 77.3 Å². The number of pyridine rings is 1. The summed E-state index contributed by atoms with van der Waals surface area (Å²) in [6.45, 7) is 4.46. The third-order valence-electron chi connectivity index (χ3n) is 8.51. The zero-order chi connectivity index (χ0) is 25.4. The first-order valence-electron chi connectivity index (χ1n) is 13.8. The highest BCUT2D eigenvalue weighted by Gasteiger charge is 2.42. The number of halogens is 1. The first kappa shape index (κ1) is 24.7. The number of nitrogens with one attached hydrogen (secondary N) is 1. The van der Waals surface area contributed by atoms with Crippen LogP contribution in [0.25, 0.3) is 0 Å². The predicted molar refractivity (Wildman–Crippen MR) is 157 cm³/mol. The van der Waals surface area contributed by atoms with Crippen LogP contribution in [0.4, 0.5) is 11.4 Å². The molecule has 194 valence electrons. The quantitative estimate of drug-likeness (QED) is 0.344. The summed E-state index contributed by atoms with van der Waals surface area (Å²) in [4.78, 5) is 9.42. The van der Waals surface area contributed by atoms with Gasteiger partial charge in [0.25, 0.3) is 0 Å². The summed E-state index contributed by atoms with van der Waals surface area (Å²) < 4.78 is 2.51. The molecule has 1 aromatic carbocycles. The Morgan fingerprint density at radius 1 is 0.973 bits per heavy atom. The Morgan fingerprint density at radius 2 is 1.78 bits per heavy atom. The smallest absolute Gasteiger partial charge is 0.174 e. The molecule has 3 aromatic rings. The summed E-state index contributed by atoms with van der Waals surface area (Å²) in [5, 5.41) is 5.12. The zero-order valence-corrected chi connectivity index (χ0v) is 23.1. The molecule has 1 saturated carbocycles. The second kappa shape index (κ2) is 10.7. The average molecular weight is 534 g/mol. The molecule has 2 saturated heterocycles. The lowest BCUT2D eigenvalue weighted by Gasteiger charge is -2.34. The largest absolute Gasteiger partial charge is 0.370 e. The third kappa shape index (κ3) is 4.86. The van der Waals surface area contributed by atoms with Crippen molar-refractivity contribution in [3.8, 4) is 0 Å². The molecule has 0 spiro atoms. The summed E-state index contributed by atoms with van der Waals surface area (Å²) in [7, 11) is 0. The molecule has 7 heteroatoms. The molecule has 4 heterocycles. The Morgan fingerprint density at radius 3 is 2.51 bits per heavy atom. The van der Waals surface area contributed by atoms with E-state index in [1.165, 1.54) is 50.6 Å². The number of nitrogens with zero attached hydrogens (tertiary/aromatic N) is 4. The molecule has 0 unspecified atom stereocenters. The fourth-order valence-corrected chi connectivity index (χ4v) is 7.07. The molecule has 0 radical (unpaired) electrons. The maximum atomic E-state index is 6.95. The van der Waals surface area contributed by atoms with Crippen LogP contribution in [-0.2, 0) is 0 Å². The molecule has 3 aliphatic rings. The van der Waals surface area contributed by atoms with E-state index in [-0.39, 0.29) is 12.1 Å². The van der Waals surface area contributed by atoms with Gasteiger partial charge < -0.3 is 19.7 Å². The van der Waals surface area contributed by atoms with E-state index in [9.17, 15) is 0 Å². The molecular formula is C30H36ClN5S. The summed E-state index contributed by atoms with van der Waals surface area (Å²) >= 11 is 12.9. The van der Waals surface area contributed by atoms with Crippen molar-refractivity contribution in [1.29, 1.82) is 0 Å². The highest BCUT2D eigenvalue weighted by atomic mass is 35.5. The Bertz CT molecular complexity index is 1230. The number of hydrogen-bond donors (Lipinski definition) is 1. The molecule has 2 atom stereocenters. The van der Waals surface area contributed by atoms with Gasteiger partial charge in [0.1, 0.15) is 6.04 Å². The van der Waals surface area contributed by atoms with E-state index in [1.54, 1.807) is 0 Å². The van der Waals surface area contributed by atoms with Gasteiger partial charge in [-0.2, -0.15) is 0 Å². The van der Waals surface area contributed by atoms with E-state index < -0.39 is 0 Å². The predicted octanol–water partition coefficient (Wildman–Crippen LogP) is 7.46. The van der Waals surface area contributed by atoms with Gasteiger partial charge in [-0.1, -0.05) is 43.9 Å². The van der Waals surface area contributed by atoms with E-state index >= 15 is 0 Å². The van der Waals surface area contributed by atoms with Gasteiger partial charge in [-0.15, -0.1) is 0 Å². The fraction of sp³-hybridized carbons (Fsp3) is 0.467. The minimum absolute atomic E-state index is 0.0166. The maximum Gasteiger partial charge on any atom is 0.174 e. The van der Waals surface area contributed by atoms with Crippen LogP contribution < -0.4 is 15.1 Å². The number of aromatic nitrogens is 2. The minimum atomic E-state index is -0.0482. The van der Waals surface area contributed by atoms with Gasteiger partial charge in [-0.25, -0.2) is 0 Å². The van der Waals surface area contributed by atoms with Crippen molar-refractivity contribution in [3.63, 3.8) is 0 Å². The highest BCUT2D eigenvalue weighted by Crippen LogP contribution is 2.45. The lowest BCUT2D eigenvalue weighted by molar-refractivity contribution is 0.340. The third-order valence-corrected chi connectivity index (χ3v) is 9.13. The van der Waals surface area contributed by atoms with Crippen molar-refractivity contribution < 1.29 is 0 Å². The second-order valence-electron chi connectivity index (χ2n) is 10.9. The van der Waals surface area contributed by atoms with Crippen molar-refractivity contribution in [2.75, 3.05) is 22.9 Å². The topological polar surface area (TPSA) is 36.3 Å². The number of benzene rings is 1. The minimum Gasteiger partial charge on any atom is -0.370 e. The van der Waals surface area contributed by atoms with Crippen LogP contribution in [0.15, 0.2) is 60.9 Å². The van der Waals surface area contributed by atoms with Crippen molar-refractivity contribution in [1.82, 2.24) is 14.9 Å². The standard InChI is InChI=1S/C30H36ClN5S/c1-21-14-18-34(19-15-21)26-13-12-23(20-24(26)31)36-29(28(33-30(36)37)25-10-5-6-16-32-25)27-11-7-17-35(27)22-8-3-2-4-9-22/h5-7,10-13,16-17,20-22,28-29H,2-4,8-9,14-15,18-19H2,1H3,(H,33,37)/t28-,29+/m1/s1. The fourth-order valence-electron chi connectivity index (χ4n) is 6.43. The number of thiocarbonyl (C=S) groups is 1. The Balaban J connectivity index is 1.38. The average Bonchev–Trinajstić information content (AvgIpc) is 3.54. The molecule has 5 nitrogen and oxygen atoms in total. The molecule has 2 aliphatic heterocycles. The molecule has 0 amide bonds. The first-order valence-corrected chi connectivity index (χ1v) is 14.6. The second-order valence-corrected chi connectivity index (χ2v) is 11.7. The lowest BCUT2D eigenvalue weighted by Crippen LogP contribution is -2.33. The van der Waals surface area contributed by atoms with Gasteiger partial charge in [0.05, 0.1) is 22.4 Å². The number of anilines is 2. The van der Waals surface area contributed by atoms with Gasteiger partial charge in [-0.3, -0.25) is 4.98 Å². The Hall–Kier alpha value is -2.57. The van der Waals surface area contributed by atoms with E-state index in [0.29, 0.717) is 11.2 Å². The number of rotatable bonds is 5. The normalized spacial score (nSPS) is 23.5. The lowest BCUT2D eigenvalue weighted by atomic mass is 9.94. The van der Waals surface area contributed by atoms with Crippen LogP contribution in [0.2, 0.25) is 5.02 Å². The van der Waals surface area contributed by atoms with Gasteiger partial charge in [-0.05, 0) is 86.3 Å². The van der Waals surface area contributed by atoms with E-state index in [2.05, 4.69) is 75.3 Å². The van der Waals surface area contributed by atoms with Gasteiger partial charge in [0, 0.05) is 42.9 Å². The molecule has 37 heavy (non-hydrogen) atoms.